The van der Waals surface area contributed by atoms with Gasteiger partial charge in [0.1, 0.15) is 5.82 Å². The lowest BCUT2D eigenvalue weighted by Crippen LogP contribution is -2.51. The molecular formula is C15H16N2O3. The average Bonchev–Trinajstić information content (AvgIpc) is 2.37. The number of rotatable bonds is 3. The number of pyridine rings is 1. The average molecular weight is 272 g/mol. The molecule has 1 aromatic heterocycles. The van der Waals surface area contributed by atoms with Crippen LogP contribution in [-0.2, 0) is 4.79 Å². The van der Waals surface area contributed by atoms with Gasteiger partial charge in [0.15, 0.2) is 0 Å². The molecule has 0 radical (unpaired) electrons. The third kappa shape index (κ3) is 2.05. The first-order chi connectivity index (χ1) is 9.56. The Morgan fingerprint density at radius 3 is 2.80 bits per heavy atom. The zero-order valence-electron chi connectivity index (χ0n) is 11.2. The topological polar surface area (TPSA) is 73.4 Å². The van der Waals surface area contributed by atoms with Crippen LogP contribution in [0.25, 0.3) is 10.8 Å². The molecule has 3 rings (SSSR count). The van der Waals surface area contributed by atoms with Crippen molar-refractivity contribution in [2.24, 2.45) is 11.8 Å². The minimum atomic E-state index is -0.762. The second kappa shape index (κ2) is 4.67. The summed E-state index contributed by atoms with van der Waals surface area (Å²) >= 11 is 0. The number of hydrogen-bond donors (Lipinski definition) is 2. The summed E-state index contributed by atoms with van der Waals surface area (Å²) in [6, 6.07) is 9.38. The molecule has 0 amide bonds. The van der Waals surface area contributed by atoms with Crippen LogP contribution in [0.4, 0.5) is 5.82 Å². The van der Waals surface area contributed by atoms with Gasteiger partial charge < -0.3 is 15.0 Å². The van der Waals surface area contributed by atoms with E-state index in [9.17, 15) is 9.59 Å². The van der Waals surface area contributed by atoms with E-state index in [0.717, 1.165) is 11.2 Å². The Morgan fingerprint density at radius 2 is 2.10 bits per heavy atom. The lowest BCUT2D eigenvalue weighted by molar-refractivity contribution is -0.143. The highest BCUT2D eigenvalue weighted by atomic mass is 16.4. The number of anilines is 1. The van der Waals surface area contributed by atoms with Crippen LogP contribution in [0.1, 0.15) is 6.92 Å². The number of benzene rings is 1. The maximum absolute atomic E-state index is 12.0. The van der Waals surface area contributed by atoms with Gasteiger partial charge in [0, 0.05) is 24.4 Å². The molecule has 5 heteroatoms. The van der Waals surface area contributed by atoms with Crippen LogP contribution in [0.15, 0.2) is 35.1 Å². The van der Waals surface area contributed by atoms with E-state index in [2.05, 4.69) is 4.98 Å². The highest BCUT2D eigenvalue weighted by Crippen LogP contribution is 2.28. The molecule has 0 spiro atoms. The van der Waals surface area contributed by atoms with Crippen molar-refractivity contribution in [1.82, 2.24) is 4.98 Å². The first-order valence-corrected chi connectivity index (χ1v) is 6.66. The van der Waals surface area contributed by atoms with Gasteiger partial charge in [0.25, 0.3) is 5.56 Å². The lowest BCUT2D eigenvalue weighted by atomic mass is 9.87. The van der Waals surface area contributed by atoms with Gasteiger partial charge in [-0.15, -0.1) is 0 Å². The zero-order valence-corrected chi connectivity index (χ0v) is 11.2. The number of fused-ring (bicyclic) bond motifs is 1. The molecule has 5 nitrogen and oxygen atoms in total. The van der Waals surface area contributed by atoms with Gasteiger partial charge in [-0.3, -0.25) is 9.59 Å². The third-order valence-electron chi connectivity index (χ3n) is 4.09. The summed E-state index contributed by atoms with van der Waals surface area (Å²) in [7, 11) is 0. The first kappa shape index (κ1) is 12.7. The fourth-order valence-electron chi connectivity index (χ4n) is 2.59. The SMILES string of the molecule is CC(C(=O)O)C1CN(c2cc3ccccc3c(=O)[nH]2)C1. The molecule has 2 N–H and O–H groups in total. The molecule has 0 bridgehead atoms. The van der Waals surface area contributed by atoms with Crippen molar-refractivity contribution in [1.29, 1.82) is 0 Å². The largest absolute Gasteiger partial charge is 0.481 e. The second-order valence-electron chi connectivity index (χ2n) is 5.36. The quantitative estimate of drug-likeness (QED) is 0.891. The Morgan fingerprint density at radius 1 is 1.40 bits per heavy atom. The Labute approximate surface area is 115 Å². The van der Waals surface area contributed by atoms with Crippen LogP contribution < -0.4 is 10.5 Å². The monoisotopic (exact) mass is 272 g/mol. The summed E-state index contributed by atoms with van der Waals surface area (Å²) in [6.07, 6.45) is 0. The van der Waals surface area contributed by atoms with E-state index in [-0.39, 0.29) is 17.4 Å². The predicted octanol–water partition coefficient (Wildman–Crippen LogP) is 1.68. The fraction of sp³-hybridized carbons (Fsp3) is 0.333. The summed E-state index contributed by atoms with van der Waals surface area (Å²) in [5, 5.41) is 10.6. The normalized spacial score (nSPS) is 16.9. The Balaban J connectivity index is 1.83. The molecule has 1 saturated heterocycles. The molecule has 2 heterocycles. The predicted molar refractivity (Wildman–Crippen MR) is 77.1 cm³/mol. The van der Waals surface area contributed by atoms with E-state index in [1.54, 1.807) is 13.0 Å². The summed E-state index contributed by atoms with van der Waals surface area (Å²) in [6.45, 7) is 3.07. The Bertz CT molecular complexity index is 716. The minimum Gasteiger partial charge on any atom is -0.481 e. The van der Waals surface area contributed by atoms with E-state index >= 15 is 0 Å². The van der Waals surface area contributed by atoms with Crippen LogP contribution in [0.2, 0.25) is 0 Å². The van der Waals surface area contributed by atoms with Crippen molar-refractivity contribution in [2.75, 3.05) is 18.0 Å². The third-order valence-corrected chi connectivity index (χ3v) is 4.09. The van der Waals surface area contributed by atoms with Crippen LogP contribution in [0.5, 0.6) is 0 Å². The maximum Gasteiger partial charge on any atom is 0.306 e. The summed E-state index contributed by atoms with van der Waals surface area (Å²) in [5.41, 5.74) is -0.104. The molecule has 1 fully saturated rings. The summed E-state index contributed by atoms with van der Waals surface area (Å²) in [4.78, 5) is 27.8. The van der Waals surface area contributed by atoms with Gasteiger partial charge in [-0.2, -0.15) is 0 Å². The van der Waals surface area contributed by atoms with E-state index in [4.69, 9.17) is 5.11 Å². The zero-order chi connectivity index (χ0) is 14.3. The summed E-state index contributed by atoms with van der Waals surface area (Å²) in [5.74, 6) is -0.204. The van der Waals surface area contributed by atoms with E-state index in [1.807, 2.05) is 29.2 Å². The van der Waals surface area contributed by atoms with E-state index in [0.29, 0.717) is 18.5 Å². The number of carboxylic acid groups (broad SMARTS) is 1. The molecule has 104 valence electrons. The van der Waals surface area contributed by atoms with Crippen molar-refractivity contribution in [2.45, 2.75) is 6.92 Å². The number of nitrogens with one attached hydrogen (secondary N) is 1. The molecule has 1 aliphatic rings. The van der Waals surface area contributed by atoms with E-state index < -0.39 is 5.97 Å². The van der Waals surface area contributed by atoms with Crippen LogP contribution in [0.3, 0.4) is 0 Å². The molecule has 0 saturated carbocycles. The first-order valence-electron chi connectivity index (χ1n) is 6.66. The van der Waals surface area contributed by atoms with Gasteiger partial charge in [-0.25, -0.2) is 0 Å². The van der Waals surface area contributed by atoms with Gasteiger partial charge in [-0.1, -0.05) is 25.1 Å². The number of H-pyrrole nitrogens is 1. The highest BCUT2D eigenvalue weighted by molar-refractivity contribution is 5.84. The van der Waals surface area contributed by atoms with Crippen LogP contribution in [0, 0.1) is 11.8 Å². The van der Waals surface area contributed by atoms with Crippen LogP contribution >= 0.6 is 0 Å². The fourth-order valence-corrected chi connectivity index (χ4v) is 2.59. The number of aromatic nitrogens is 1. The van der Waals surface area contributed by atoms with Crippen molar-refractivity contribution < 1.29 is 9.90 Å². The smallest absolute Gasteiger partial charge is 0.306 e. The van der Waals surface area contributed by atoms with Crippen molar-refractivity contribution in [3.05, 3.63) is 40.7 Å². The van der Waals surface area contributed by atoms with Gasteiger partial charge in [0.05, 0.1) is 5.92 Å². The second-order valence-corrected chi connectivity index (χ2v) is 5.36. The van der Waals surface area contributed by atoms with Gasteiger partial charge >= 0.3 is 5.97 Å². The highest BCUT2D eigenvalue weighted by Gasteiger charge is 2.35. The summed E-state index contributed by atoms with van der Waals surface area (Å²) < 4.78 is 0. The molecule has 1 aromatic carbocycles. The van der Waals surface area contributed by atoms with Crippen molar-refractivity contribution in [3.8, 4) is 0 Å². The number of carboxylic acids is 1. The Kier molecular flexibility index (Phi) is 2.97. The van der Waals surface area contributed by atoms with Gasteiger partial charge in [-0.05, 0) is 17.5 Å². The van der Waals surface area contributed by atoms with Crippen molar-refractivity contribution >= 4 is 22.6 Å². The molecule has 0 aliphatic carbocycles. The minimum absolute atomic E-state index is 0.104. The number of nitrogens with zero attached hydrogens (tertiary/aromatic N) is 1. The lowest BCUT2D eigenvalue weighted by Gasteiger charge is -2.42. The number of aromatic amines is 1. The number of aliphatic carboxylic acids is 1. The maximum atomic E-state index is 12.0. The molecular weight excluding hydrogens is 256 g/mol. The molecule has 1 unspecified atom stereocenters. The standard InChI is InChI=1S/C15H16N2O3/c1-9(15(19)20)11-7-17(8-11)13-6-10-4-2-3-5-12(10)14(18)16-13/h2-6,9,11H,7-8H2,1H3,(H,16,18)(H,19,20). The molecule has 2 aromatic rings. The molecule has 1 aliphatic heterocycles. The Hall–Kier alpha value is -2.30. The number of hydrogen-bond acceptors (Lipinski definition) is 3. The molecule has 1 atom stereocenters. The van der Waals surface area contributed by atoms with Gasteiger partial charge in [0.2, 0.25) is 0 Å². The van der Waals surface area contributed by atoms with Crippen LogP contribution in [-0.4, -0.2) is 29.1 Å². The van der Waals surface area contributed by atoms with E-state index in [1.165, 1.54) is 0 Å². The molecule has 20 heavy (non-hydrogen) atoms. The number of carbonyl (C=O) groups is 1. The van der Waals surface area contributed by atoms with Crippen molar-refractivity contribution in [3.63, 3.8) is 0 Å².